The van der Waals surface area contributed by atoms with Crippen molar-refractivity contribution in [3.63, 3.8) is 0 Å². The number of fused-ring (bicyclic) bond motifs is 4. The smallest absolute Gasteiger partial charge is 0.251 e. The third-order valence-corrected chi connectivity index (χ3v) is 5.70. The average molecular weight is 358 g/mol. The van der Waals surface area contributed by atoms with Crippen LogP contribution in [0.2, 0.25) is 0 Å². The quantitative estimate of drug-likeness (QED) is 0.720. The monoisotopic (exact) mass is 358 g/mol. The second-order valence-electron chi connectivity index (χ2n) is 7.33. The highest BCUT2D eigenvalue weighted by molar-refractivity contribution is 5.88. The third kappa shape index (κ3) is 2.69. The molecule has 3 aliphatic heterocycles. The lowest BCUT2D eigenvalue weighted by molar-refractivity contribution is -0.145. The number of nitrogens with one attached hydrogen (secondary N) is 1. The highest BCUT2D eigenvalue weighted by Crippen LogP contribution is 2.41. The van der Waals surface area contributed by atoms with Gasteiger partial charge in [-0.1, -0.05) is 6.07 Å². The number of hydrogen-bond donors (Lipinski definition) is 1. The first-order chi connectivity index (χ1) is 12.5. The number of likely N-dealkylation sites (tertiary alicyclic amines) is 1. The predicted molar refractivity (Wildman–Crippen MR) is 92.4 cm³/mol. The molecule has 4 heterocycles. The maximum atomic E-state index is 13.3. The maximum Gasteiger partial charge on any atom is 0.251 e. The normalized spacial score (nSPS) is 27.6. The molecular formula is C18H22N4O4. The summed E-state index contributed by atoms with van der Waals surface area (Å²) in [4.78, 5) is 52.8. The summed E-state index contributed by atoms with van der Waals surface area (Å²) in [5.41, 5.74) is 0.604. The van der Waals surface area contributed by atoms with E-state index in [0.29, 0.717) is 26.2 Å². The molecule has 4 rings (SSSR count). The van der Waals surface area contributed by atoms with E-state index in [0.717, 1.165) is 12.1 Å². The summed E-state index contributed by atoms with van der Waals surface area (Å²) in [7, 11) is 0. The number of carbonyl (C=O) groups is 3. The fourth-order valence-corrected chi connectivity index (χ4v) is 4.52. The van der Waals surface area contributed by atoms with Crippen molar-refractivity contribution in [1.82, 2.24) is 19.7 Å². The Morgan fingerprint density at radius 1 is 1.15 bits per heavy atom. The number of carbonyl (C=O) groups excluding carboxylic acids is 3. The number of rotatable bonds is 1. The van der Waals surface area contributed by atoms with Crippen LogP contribution in [0.4, 0.5) is 0 Å². The molecule has 26 heavy (non-hydrogen) atoms. The molecule has 2 bridgehead atoms. The molecule has 0 aromatic carbocycles. The summed E-state index contributed by atoms with van der Waals surface area (Å²) in [5, 5.41) is 2.71. The lowest BCUT2D eigenvalue weighted by atomic mass is 9.78. The number of amides is 3. The second-order valence-corrected chi connectivity index (χ2v) is 7.33. The van der Waals surface area contributed by atoms with Gasteiger partial charge in [0.25, 0.3) is 5.56 Å². The molecule has 0 aliphatic carbocycles. The topological polar surface area (TPSA) is 91.7 Å². The largest absolute Gasteiger partial charge is 0.353 e. The Morgan fingerprint density at radius 3 is 2.69 bits per heavy atom. The molecule has 1 aromatic rings. The Balaban J connectivity index is 1.76. The van der Waals surface area contributed by atoms with E-state index in [1.54, 1.807) is 15.5 Å². The van der Waals surface area contributed by atoms with E-state index in [2.05, 4.69) is 5.32 Å². The SMILES string of the molecule is CC(=O)N1C[C@H]2C[C@@H](C1)[C@H](C(=O)N1CCNC(=O)C1)n1c2cccc1=O. The van der Waals surface area contributed by atoms with Gasteiger partial charge in [0.05, 0.1) is 6.54 Å². The molecule has 0 unspecified atom stereocenters. The molecule has 3 amide bonds. The highest BCUT2D eigenvalue weighted by Gasteiger charge is 2.45. The fraction of sp³-hybridized carbons (Fsp3) is 0.556. The first kappa shape index (κ1) is 16.8. The summed E-state index contributed by atoms with van der Waals surface area (Å²) in [5.74, 6) is -0.478. The minimum absolute atomic E-state index is 0.0127. The molecular weight excluding hydrogens is 336 g/mol. The van der Waals surface area contributed by atoms with Gasteiger partial charge in [-0.2, -0.15) is 0 Å². The summed E-state index contributed by atoms with van der Waals surface area (Å²) >= 11 is 0. The van der Waals surface area contributed by atoms with Crippen LogP contribution in [0.5, 0.6) is 0 Å². The van der Waals surface area contributed by atoms with Crippen molar-refractivity contribution in [3.8, 4) is 0 Å². The molecule has 1 N–H and O–H groups in total. The Bertz CT molecular complexity index is 833. The molecule has 0 radical (unpaired) electrons. The molecule has 2 fully saturated rings. The molecule has 1 aromatic heterocycles. The van der Waals surface area contributed by atoms with E-state index >= 15 is 0 Å². The van der Waals surface area contributed by atoms with Crippen molar-refractivity contribution < 1.29 is 14.4 Å². The zero-order valence-corrected chi connectivity index (χ0v) is 14.7. The molecule has 0 spiro atoms. The molecule has 138 valence electrons. The standard InChI is InChI=1S/C18H22N4O4/c1-11(23)21-8-12-7-13(9-21)17(22-14(12)3-2-4-16(22)25)18(26)20-6-5-19-15(24)10-20/h2-4,12-13,17H,5-10H2,1H3,(H,19,24)/t12-,13+,17-/m1/s1. The lowest BCUT2D eigenvalue weighted by Gasteiger charge is -2.47. The molecule has 8 nitrogen and oxygen atoms in total. The van der Waals surface area contributed by atoms with Gasteiger partial charge in [-0.25, -0.2) is 0 Å². The van der Waals surface area contributed by atoms with E-state index < -0.39 is 6.04 Å². The van der Waals surface area contributed by atoms with Gasteiger partial charge in [0.1, 0.15) is 6.04 Å². The van der Waals surface area contributed by atoms with Gasteiger partial charge >= 0.3 is 0 Å². The average Bonchev–Trinajstić information content (AvgIpc) is 2.62. The van der Waals surface area contributed by atoms with Crippen LogP contribution in [0.1, 0.15) is 31.0 Å². The Kier molecular flexibility index (Phi) is 4.05. The Labute approximate surface area is 150 Å². The van der Waals surface area contributed by atoms with Crippen LogP contribution in [0.3, 0.4) is 0 Å². The van der Waals surface area contributed by atoms with E-state index in [9.17, 15) is 19.2 Å². The van der Waals surface area contributed by atoms with Gasteiger partial charge in [-0.15, -0.1) is 0 Å². The first-order valence-corrected chi connectivity index (χ1v) is 8.98. The van der Waals surface area contributed by atoms with E-state index in [4.69, 9.17) is 0 Å². The van der Waals surface area contributed by atoms with Crippen molar-refractivity contribution >= 4 is 17.7 Å². The molecule has 3 atom stereocenters. The van der Waals surface area contributed by atoms with Crippen molar-refractivity contribution in [3.05, 3.63) is 34.2 Å². The zero-order valence-electron chi connectivity index (χ0n) is 14.7. The number of hydrogen-bond acceptors (Lipinski definition) is 4. The van der Waals surface area contributed by atoms with Gasteiger partial charge in [-0.3, -0.25) is 23.7 Å². The van der Waals surface area contributed by atoms with Gasteiger partial charge < -0.3 is 15.1 Å². The number of piperazine rings is 1. The number of piperidine rings is 1. The highest BCUT2D eigenvalue weighted by atomic mass is 16.2. The van der Waals surface area contributed by atoms with Crippen LogP contribution >= 0.6 is 0 Å². The zero-order chi connectivity index (χ0) is 18.4. The van der Waals surface area contributed by atoms with Crippen molar-refractivity contribution in [2.75, 3.05) is 32.7 Å². The summed E-state index contributed by atoms with van der Waals surface area (Å²) in [6, 6.07) is 4.38. The summed E-state index contributed by atoms with van der Waals surface area (Å²) in [6.07, 6.45) is 0.768. The number of aromatic nitrogens is 1. The Morgan fingerprint density at radius 2 is 1.96 bits per heavy atom. The Hall–Kier alpha value is -2.64. The minimum atomic E-state index is -0.664. The van der Waals surface area contributed by atoms with Crippen LogP contribution in [0.25, 0.3) is 0 Å². The molecule has 2 saturated heterocycles. The number of nitrogens with zero attached hydrogens (tertiary/aromatic N) is 3. The van der Waals surface area contributed by atoms with E-state index in [1.165, 1.54) is 17.9 Å². The maximum absolute atomic E-state index is 13.3. The molecule has 0 saturated carbocycles. The van der Waals surface area contributed by atoms with Gasteiger partial charge in [-0.05, 0) is 12.5 Å². The van der Waals surface area contributed by atoms with Crippen LogP contribution in [0.15, 0.2) is 23.0 Å². The minimum Gasteiger partial charge on any atom is -0.353 e. The van der Waals surface area contributed by atoms with Gasteiger partial charge in [0.15, 0.2) is 0 Å². The van der Waals surface area contributed by atoms with Crippen molar-refractivity contribution in [1.29, 1.82) is 0 Å². The number of pyridine rings is 1. The lowest BCUT2D eigenvalue weighted by Crippen LogP contribution is -2.57. The second kappa shape index (κ2) is 6.26. The van der Waals surface area contributed by atoms with E-state index in [1.807, 2.05) is 6.07 Å². The van der Waals surface area contributed by atoms with Crippen LogP contribution in [0, 0.1) is 5.92 Å². The van der Waals surface area contributed by atoms with Crippen molar-refractivity contribution in [2.45, 2.75) is 25.3 Å². The summed E-state index contributed by atoms with van der Waals surface area (Å²) in [6.45, 7) is 3.43. The van der Waals surface area contributed by atoms with Gasteiger partial charge in [0.2, 0.25) is 17.7 Å². The molecule has 8 heteroatoms. The van der Waals surface area contributed by atoms with E-state index in [-0.39, 0.29) is 41.7 Å². The van der Waals surface area contributed by atoms with Gasteiger partial charge in [0, 0.05) is 56.7 Å². The van der Waals surface area contributed by atoms with Crippen LogP contribution < -0.4 is 10.9 Å². The fourth-order valence-electron chi connectivity index (χ4n) is 4.52. The first-order valence-electron chi connectivity index (χ1n) is 8.98. The molecule has 3 aliphatic rings. The predicted octanol–water partition coefficient (Wildman–Crippen LogP) is -0.687. The van der Waals surface area contributed by atoms with Crippen LogP contribution in [-0.2, 0) is 14.4 Å². The third-order valence-electron chi connectivity index (χ3n) is 5.70. The van der Waals surface area contributed by atoms with Crippen molar-refractivity contribution in [2.24, 2.45) is 5.92 Å². The summed E-state index contributed by atoms with van der Waals surface area (Å²) < 4.78 is 1.60. The van der Waals surface area contributed by atoms with Crippen LogP contribution in [-0.4, -0.2) is 64.8 Å².